The number of rotatable bonds is 10. The van der Waals surface area contributed by atoms with Gasteiger partial charge in [-0.25, -0.2) is 0 Å². The Labute approximate surface area is 203 Å². The molecule has 0 saturated carbocycles. The van der Waals surface area contributed by atoms with Crippen molar-refractivity contribution < 1.29 is 20.1 Å². The molecule has 34 heavy (non-hydrogen) atoms. The summed E-state index contributed by atoms with van der Waals surface area (Å²) in [6, 6.07) is 8.06. The van der Waals surface area contributed by atoms with Crippen LogP contribution in [0.15, 0.2) is 71.4 Å². The average Bonchev–Trinajstić information content (AvgIpc) is 2.77. The first-order valence-electron chi connectivity index (χ1n) is 11.6. The van der Waals surface area contributed by atoms with Crippen molar-refractivity contribution in [2.45, 2.75) is 60.3 Å². The molecule has 4 nitrogen and oxygen atoms in total. The molecule has 0 heterocycles. The molecule has 0 fully saturated rings. The van der Waals surface area contributed by atoms with Crippen molar-refractivity contribution in [2.24, 2.45) is 0 Å². The summed E-state index contributed by atoms with van der Waals surface area (Å²) in [4.78, 5) is 13.0. The first kappa shape index (κ1) is 26.7. The molecular formula is C30H36O4. The largest absolute Gasteiger partial charge is 0.508 e. The Morgan fingerprint density at radius 3 is 2.09 bits per heavy atom. The van der Waals surface area contributed by atoms with E-state index in [-0.39, 0.29) is 28.6 Å². The molecule has 0 aliphatic carbocycles. The van der Waals surface area contributed by atoms with Crippen molar-refractivity contribution in [3.8, 4) is 17.2 Å². The maximum atomic E-state index is 13.0. The Balaban J connectivity index is 2.40. The average molecular weight is 461 g/mol. The minimum atomic E-state index is -0.352. The first-order chi connectivity index (χ1) is 16.1. The highest BCUT2D eigenvalue weighted by atomic mass is 16.3. The summed E-state index contributed by atoms with van der Waals surface area (Å²) in [5.41, 5.74) is 5.42. The van der Waals surface area contributed by atoms with Crippen LogP contribution < -0.4 is 0 Å². The third-order valence-electron chi connectivity index (χ3n) is 5.51. The van der Waals surface area contributed by atoms with Crippen LogP contribution in [0.5, 0.6) is 17.2 Å². The Bertz CT molecular complexity index is 1120. The van der Waals surface area contributed by atoms with Crippen LogP contribution in [0.25, 0.3) is 6.08 Å². The number of ketones is 1. The van der Waals surface area contributed by atoms with Gasteiger partial charge in [0, 0.05) is 5.56 Å². The molecule has 0 aromatic heterocycles. The quantitative estimate of drug-likeness (QED) is 0.195. The van der Waals surface area contributed by atoms with Crippen LogP contribution in [0.3, 0.4) is 0 Å². The van der Waals surface area contributed by atoms with Crippen LogP contribution in [0.2, 0.25) is 0 Å². The molecule has 2 aromatic carbocycles. The minimum absolute atomic E-state index is 0.0300. The molecule has 3 N–H and O–H groups in total. The molecular weight excluding hydrogens is 424 g/mol. The number of aromatic hydroxyl groups is 3. The van der Waals surface area contributed by atoms with Crippen molar-refractivity contribution >= 4 is 11.9 Å². The van der Waals surface area contributed by atoms with Crippen LogP contribution in [-0.4, -0.2) is 21.1 Å². The normalized spacial score (nSPS) is 11.5. The molecule has 2 rings (SSSR count). The standard InChI is InChI=1S/C30H36O4/c1-20(2)7-6-8-22(5)10-17-26-29(33)24(14-9-21(3)4)19-27(30(26)34)28(32)18-13-23-11-15-25(31)16-12-23/h7,9-13,15-16,18-19,31,33-34H,6,8,14,17H2,1-5H3/b18-13+,22-10+. The molecule has 0 radical (unpaired) electrons. The Morgan fingerprint density at radius 1 is 0.824 bits per heavy atom. The van der Waals surface area contributed by atoms with Crippen molar-refractivity contribution in [1.82, 2.24) is 0 Å². The lowest BCUT2D eigenvalue weighted by Crippen LogP contribution is -2.02. The fourth-order valence-electron chi connectivity index (χ4n) is 3.44. The highest BCUT2D eigenvalue weighted by Crippen LogP contribution is 2.36. The van der Waals surface area contributed by atoms with Crippen LogP contribution in [-0.2, 0) is 12.8 Å². The third-order valence-corrected chi connectivity index (χ3v) is 5.51. The lowest BCUT2D eigenvalue weighted by molar-refractivity contribution is 0.104. The molecule has 0 aliphatic heterocycles. The summed E-state index contributed by atoms with van der Waals surface area (Å²) in [6.07, 6.45) is 11.8. The summed E-state index contributed by atoms with van der Waals surface area (Å²) < 4.78 is 0. The van der Waals surface area contributed by atoms with Gasteiger partial charge in [-0.3, -0.25) is 4.79 Å². The van der Waals surface area contributed by atoms with E-state index < -0.39 is 0 Å². The zero-order valence-electron chi connectivity index (χ0n) is 20.9. The number of benzene rings is 2. The van der Waals surface area contributed by atoms with Gasteiger partial charge < -0.3 is 15.3 Å². The first-order valence-corrected chi connectivity index (χ1v) is 11.6. The molecule has 0 atom stereocenters. The number of carbonyl (C=O) groups excluding carboxylic acids is 1. The predicted molar refractivity (Wildman–Crippen MR) is 141 cm³/mol. The van der Waals surface area contributed by atoms with Crippen molar-refractivity contribution in [1.29, 1.82) is 0 Å². The predicted octanol–water partition coefficient (Wildman–Crippen LogP) is 7.44. The Morgan fingerprint density at radius 2 is 1.47 bits per heavy atom. The van der Waals surface area contributed by atoms with Gasteiger partial charge in [-0.1, -0.05) is 53.2 Å². The van der Waals surface area contributed by atoms with Crippen LogP contribution in [0, 0.1) is 0 Å². The van der Waals surface area contributed by atoms with Crippen LogP contribution in [0.4, 0.5) is 0 Å². The summed E-state index contributed by atoms with van der Waals surface area (Å²) in [7, 11) is 0. The van der Waals surface area contributed by atoms with Gasteiger partial charge in [0.25, 0.3) is 0 Å². The Kier molecular flexibility index (Phi) is 9.93. The Hall–Kier alpha value is -3.53. The molecule has 0 spiro atoms. The monoisotopic (exact) mass is 460 g/mol. The fourth-order valence-corrected chi connectivity index (χ4v) is 3.44. The minimum Gasteiger partial charge on any atom is -0.508 e. The summed E-state index contributed by atoms with van der Waals surface area (Å²) >= 11 is 0. The van der Waals surface area contributed by atoms with E-state index in [2.05, 4.69) is 19.9 Å². The van der Waals surface area contributed by atoms with E-state index in [9.17, 15) is 20.1 Å². The van der Waals surface area contributed by atoms with Gasteiger partial charge in [0.05, 0.1) is 5.56 Å². The van der Waals surface area contributed by atoms with Gasteiger partial charge in [-0.15, -0.1) is 0 Å². The van der Waals surface area contributed by atoms with Gasteiger partial charge in [0.1, 0.15) is 17.2 Å². The third kappa shape index (κ3) is 8.11. The molecule has 2 aromatic rings. The zero-order valence-corrected chi connectivity index (χ0v) is 20.9. The summed E-state index contributed by atoms with van der Waals surface area (Å²) in [6.45, 7) is 10.1. The van der Waals surface area contributed by atoms with Crippen LogP contribution in [0.1, 0.15) is 74.5 Å². The van der Waals surface area contributed by atoms with Gasteiger partial charge in [-0.05, 0) is 95.7 Å². The van der Waals surface area contributed by atoms with Gasteiger partial charge in [-0.2, -0.15) is 0 Å². The van der Waals surface area contributed by atoms with E-state index in [0.29, 0.717) is 24.0 Å². The molecule has 0 bridgehead atoms. The second-order valence-corrected chi connectivity index (χ2v) is 9.11. The smallest absolute Gasteiger partial charge is 0.189 e. The summed E-state index contributed by atoms with van der Waals surface area (Å²) in [5.74, 6) is -0.360. The topological polar surface area (TPSA) is 77.8 Å². The van der Waals surface area contributed by atoms with E-state index in [1.54, 1.807) is 36.4 Å². The number of allylic oxidation sites excluding steroid dienone is 7. The van der Waals surface area contributed by atoms with E-state index >= 15 is 0 Å². The molecule has 0 amide bonds. The molecule has 0 unspecified atom stereocenters. The second-order valence-electron chi connectivity index (χ2n) is 9.11. The highest BCUT2D eigenvalue weighted by Gasteiger charge is 2.19. The van der Waals surface area contributed by atoms with Crippen molar-refractivity contribution in [3.63, 3.8) is 0 Å². The van der Waals surface area contributed by atoms with E-state index in [1.165, 1.54) is 11.6 Å². The number of phenolic OH excluding ortho intramolecular Hbond substituents is 3. The van der Waals surface area contributed by atoms with E-state index in [0.717, 1.165) is 29.6 Å². The number of phenols is 3. The number of hydrogen-bond acceptors (Lipinski definition) is 4. The number of hydrogen-bond donors (Lipinski definition) is 3. The molecule has 0 aliphatic rings. The highest BCUT2D eigenvalue weighted by molar-refractivity contribution is 6.09. The lowest BCUT2D eigenvalue weighted by Gasteiger charge is -2.14. The molecule has 180 valence electrons. The van der Waals surface area contributed by atoms with Crippen molar-refractivity contribution in [2.75, 3.05) is 0 Å². The number of carbonyl (C=O) groups is 1. The van der Waals surface area contributed by atoms with Gasteiger partial charge >= 0.3 is 0 Å². The van der Waals surface area contributed by atoms with E-state index in [1.807, 2.05) is 32.9 Å². The SMILES string of the molecule is CC(C)=CCC/C(C)=C/Cc1c(O)c(CC=C(C)C)cc(C(=O)/C=C/c2ccc(O)cc2)c1O. The fraction of sp³-hybridized carbons (Fsp3) is 0.300. The van der Waals surface area contributed by atoms with Gasteiger partial charge in [0.15, 0.2) is 5.78 Å². The second kappa shape index (κ2) is 12.6. The summed E-state index contributed by atoms with van der Waals surface area (Å²) in [5, 5.41) is 31.3. The van der Waals surface area contributed by atoms with Crippen LogP contribution >= 0.6 is 0 Å². The molecule has 0 saturated heterocycles. The van der Waals surface area contributed by atoms with E-state index in [4.69, 9.17) is 0 Å². The maximum Gasteiger partial charge on any atom is 0.189 e. The molecule has 4 heteroatoms. The lowest BCUT2D eigenvalue weighted by atomic mass is 9.94. The van der Waals surface area contributed by atoms with Crippen molar-refractivity contribution in [3.05, 3.63) is 93.6 Å². The zero-order chi connectivity index (χ0) is 25.3. The maximum absolute atomic E-state index is 13.0. The van der Waals surface area contributed by atoms with Gasteiger partial charge in [0.2, 0.25) is 0 Å².